The molecule has 0 radical (unpaired) electrons. The highest BCUT2D eigenvalue weighted by Crippen LogP contribution is 2.21. The number of hydrogen-bond acceptors (Lipinski definition) is 7. The van der Waals surface area contributed by atoms with Gasteiger partial charge in [0.15, 0.2) is 6.04 Å². The number of hydrogen-bond donors (Lipinski definition) is 1. The highest BCUT2D eigenvalue weighted by atomic mass is 32.1. The normalized spacial score (nSPS) is 18.1. The summed E-state index contributed by atoms with van der Waals surface area (Å²) < 4.78 is 1.53. The van der Waals surface area contributed by atoms with Crippen LogP contribution in [-0.4, -0.2) is 42.4 Å². The molecule has 4 rings (SSSR count). The van der Waals surface area contributed by atoms with Crippen molar-refractivity contribution in [2.24, 2.45) is 5.10 Å². The number of benzene rings is 1. The SMILES string of the molecule is Cc1ccc(C2=NN(/C=c3\sc4ncnn4c3=O)C(C(=O)O)C2)cc1. The van der Waals surface area contributed by atoms with Gasteiger partial charge in [-0.3, -0.25) is 9.80 Å². The number of fused-ring (bicyclic) bond motifs is 1. The predicted molar refractivity (Wildman–Crippen MR) is 92.4 cm³/mol. The molecule has 2 aromatic heterocycles. The molecule has 3 heterocycles. The first-order valence-electron chi connectivity index (χ1n) is 7.53. The fourth-order valence-electron chi connectivity index (χ4n) is 2.66. The largest absolute Gasteiger partial charge is 0.480 e. The van der Waals surface area contributed by atoms with Crippen molar-refractivity contribution in [1.29, 1.82) is 0 Å². The Kier molecular flexibility index (Phi) is 3.57. The molecule has 25 heavy (non-hydrogen) atoms. The lowest BCUT2D eigenvalue weighted by molar-refractivity contribution is -0.141. The van der Waals surface area contributed by atoms with Gasteiger partial charge in [-0.1, -0.05) is 41.2 Å². The Bertz CT molecular complexity index is 1100. The van der Waals surface area contributed by atoms with Crippen molar-refractivity contribution in [3.05, 3.63) is 56.6 Å². The lowest BCUT2D eigenvalue weighted by Gasteiger charge is -2.14. The zero-order chi connectivity index (χ0) is 17.6. The molecule has 0 spiro atoms. The lowest BCUT2D eigenvalue weighted by atomic mass is 10.0. The summed E-state index contributed by atoms with van der Waals surface area (Å²) >= 11 is 1.15. The first kappa shape index (κ1) is 15.5. The zero-order valence-corrected chi connectivity index (χ0v) is 14.0. The molecule has 0 aliphatic carbocycles. The minimum Gasteiger partial charge on any atom is -0.480 e. The quantitative estimate of drug-likeness (QED) is 0.733. The minimum absolute atomic E-state index is 0.268. The number of hydrazone groups is 1. The molecule has 3 aromatic rings. The van der Waals surface area contributed by atoms with Crippen LogP contribution in [0, 0.1) is 6.92 Å². The number of thiazole rings is 1. The molecule has 0 bridgehead atoms. The van der Waals surface area contributed by atoms with Crippen molar-refractivity contribution >= 4 is 34.2 Å². The van der Waals surface area contributed by atoms with E-state index in [0.717, 1.165) is 22.5 Å². The van der Waals surface area contributed by atoms with Gasteiger partial charge in [-0.15, -0.1) is 0 Å². The summed E-state index contributed by atoms with van der Waals surface area (Å²) in [6.07, 6.45) is 3.04. The number of aryl methyl sites for hydroxylation is 1. The first-order chi connectivity index (χ1) is 12.0. The third kappa shape index (κ3) is 2.68. The fourth-order valence-corrected chi connectivity index (χ4v) is 3.50. The van der Waals surface area contributed by atoms with Gasteiger partial charge in [0.2, 0.25) is 4.96 Å². The van der Waals surface area contributed by atoms with Crippen molar-refractivity contribution in [2.75, 3.05) is 0 Å². The van der Waals surface area contributed by atoms with E-state index >= 15 is 0 Å². The summed E-state index contributed by atoms with van der Waals surface area (Å²) in [6.45, 7) is 1.98. The number of aliphatic carboxylic acids is 1. The van der Waals surface area contributed by atoms with E-state index < -0.39 is 12.0 Å². The number of nitrogens with zero attached hydrogens (tertiary/aromatic N) is 5. The van der Waals surface area contributed by atoms with E-state index in [4.69, 9.17) is 0 Å². The van der Waals surface area contributed by atoms with E-state index in [1.54, 1.807) is 0 Å². The molecule has 0 fully saturated rings. The lowest BCUT2D eigenvalue weighted by Crippen LogP contribution is -2.34. The monoisotopic (exact) mass is 355 g/mol. The standard InChI is InChI=1S/C16H13N5O3S/c1-9-2-4-10(5-3-9)11-6-12(15(23)24)20(19-11)7-13-14(22)21-16(25-13)17-8-18-21/h2-5,7-8,12H,6H2,1H3,(H,23,24)/b13-7-. The van der Waals surface area contributed by atoms with Crippen LogP contribution < -0.4 is 10.1 Å². The number of carboxylic acids is 1. The van der Waals surface area contributed by atoms with Gasteiger partial charge in [-0.25, -0.2) is 9.78 Å². The number of carbonyl (C=O) groups is 1. The van der Waals surface area contributed by atoms with Gasteiger partial charge in [0.1, 0.15) is 10.9 Å². The minimum atomic E-state index is -0.992. The summed E-state index contributed by atoms with van der Waals surface area (Å²) in [5.74, 6) is -0.992. The van der Waals surface area contributed by atoms with Gasteiger partial charge in [0.05, 0.1) is 5.71 Å². The van der Waals surface area contributed by atoms with E-state index in [0.29, 0.717) is 15.2 Å². The van der Waals surface area contributed by atoms with Crippen LogP contribution in [0.5, 0.6) is 0 Å². The third-order valence-electron chi connectivity index (χ3n) is 3.98. The molecule has 1 aliphatic rings. The van der Waals surface area contributed by atoms with E-state index in [9.17, 15) is 14.7 Å². The molecule has 0 saturated heterocycles. The molecule has 1 N–H and O–H groups in total. The smallest absolute Gasteiger partial charge is 0.328 e. The second kappa shape index (κ2) is 5.78. The summed E-state index contributed by atoms with van der Waals surface area (Å²) in [7, 11) is 0. The molecule has 8 nitrogen and oxygen atoms in total. The number of carboxylic acid groups (broad SMARTS) is 1. The van der Waals surface area contributed by atoms with Crippen molar-refractivity contribution in [3.63, 3.8) is 0 Å². The van der Waals surface area contributed by atoms with Crippen molar-refractivity contribution in [2.45, 2.75) is 19.4 Å². The topological polar surface area (TPSA) is 100 Å². The van der Waals surface area contributed by atoms with Crippen LogP contribution in [0.3, 0.4) is 0 Å². The van der Waals surface area contributed by atoms with Gasteiger partial charge in [-0.2, -0.15) is 14.7 Å². The van der Waals surface area contributed by atoms with Gasteiger partial charge in [0.25, 0.3) is 5.56 Å². The second-order valence-electron chi connectivity index (χ2n) is 5.71. The highest BCUT2D eigenvalue weighted by Gasteiger charge is 2.32. The van der Waals surface area contributed by atoms with Crippen molar-refractivity contribution in [3.8, 4) is 0 Å². The Balaban J connectivity index is 1.77. The van der Waals surface area contributed by atoms with Crippen molar-refractivity contribution in [1.82, 2.24) is 19.6 Å². The molecule has 0 saturated carbocycles. The zero-order valence-electron chi connectivity index (χ0n) is 13.2. The second-order valence-corrected chi connectivity index (χ2v) is 6.71. The summed E-state index contributed by atoms with van der Waals surface area (Å²) in [6, 6.07) is 6.89. The summed E-state index contributed by atoms with van der Waals surface area (Å²) in [4.78, 5) is 28.3. The van der Waals surface area contributed by atoms with E-state index in [2.05, 4.69) is 15.2 Å². The van der Waals surface area contributed by atoms with Crippen molar-refractivity contribution < 1.29 is 9.90 Å². The molecular formula is C16H13N5O3S. The van der Waals surface area contributed by atoms with E-state index in [1.165, 1.54) is 22.1 Å². The van der Waals surface area contributed by atoms with Crippen LogP contribution in [-0.2, 0) is 4.79 Å². The third-order valence-corrected chi connectivity index (χ3v) is 4.94. The first-order valence-corrected chi connectivity index (χ1v) is 8.34. The number of rotatable bonds is 3. The van der Waals surface area contributed by atoms with Crippen LogP contribution in [0.2, 0.25) is 0 Å². The van der Waals surface area contributed by atoms with E-state index in [-0.39, 0.29) is 12.0 Å². The predicted octanol–water partition coefficient (Wildman–Crippen LogP) is 0.480. The molecule has 9 heteroatoms. The van der Waals surface area contributed by atoms with Crippen LogP contribution >= 0.6 is 11.3 Å². The Morgan fingerprint density at radius 1 is 1.36 bits per heavy atom. The maximum atomic E-state index is 12.3. The van der Waals surface area contributed by atoms with Crippen LogP contribution in [0.4, 0.5) is 0 Å². The molecular weight excluding hydrogens is 342 g/mol. The molecule has 1 aliphatic heterocycles. The van der Waals surface area contributed by atoms with Crippen LogP contribution in [0.15, 0.2) is 40.5 Å². The molecule has 1 unspecified atom stereocenters. The Hall–Kier alpha value is -3.07. The molecule has 126 valence electrons. The summed E-state index contributed by atoms with van der Waals surface area (Å²) in [5, 5.41) is 19.1. The molecule has 0 amide bonds. The maximum Gasteiger partial charge on any atom is 0.328 e. The van der Waals surface area contributed by atoms with E-state index in [1.807, 2.05) is 31.2 Å². The van der Waals surface area contributed by atoms with Gasteiger partial charge >= 0.3 is 5.97 Å². The Morgan fingerprint density at radius 3 is 2.80 bits per heavy atom. The average Bonchev–Trinajstić information content (AvgIpc) is 3.27. The number of aromatic nitrogens is 3. The van der Waals surface area contributed by atoms with Gasteiger partial charge < -0.3 is 5.11 Å². The average molecular weight is 355 g/mol. The van der Waals surface area contributed by atoms with Crippen LogP contribution in [0.1, 0.15) is 17.5 Å². The summed E-state index contributed by atoms with van der Waals surface area (Å²) in [5.41, 5.74) is 2.33. The van der Waals surface area contributed by atoms with Crippen LogP contribution in [0.25, 0.3) is 11.2 Å². The highest BCUT2D eigenvalue weighted by molar-refractivity contribution is 7.14. The maximum absolute atomic E-state index is 12.3. The molecule has 1 aromatic carbocycles. The van der Waals surface area contributed by atoms with Gasteiger partial charge in [-0.05, 0) is 12.5 Å². The molecule has 1 atom stereocenters. The van der Waals surface area contributed by atoms with Gasteiger partial charge in [0, 0.05) is 12.6 Å². The Labute approximate surface area is 145 Å². The Morgan fingerprint density at radius 2 is 2.12 bits per heavy atom. The fraction of sp³-hybridized carbons (Fsp3) is 0.188.